The molecule has 1 atom stereocenters. The highest BCUT2D eigenvalue weighted by Crippen LogP contribution is 2.52. The van der Waals surface area contributed by atoms with Crippen LogP contribution in [0.25, 0.3) is 0 Å². The molecule has 6 rings (SSSR count). The third-order valence-electron chi connectivity index (χ3n) is 9.55. The molecule has 0 aliphatic carbocycles. The van der Waals surface area contributed by atoms with E-state index in [0.29, 0.717) is 49.3 Å². The third kappa shape index (κ3) is 7.13. The number of ether oxygens (including phenoxy) is 3. The van der Waals surface area contributed by atoms with Crippen LogP contribution in [-0.4, -0.2) is 101 Å². The molecule has 0 spiro atoms. The minimum Gasteiger partial charge on any atom is -0.497 e. The fraction of sp³-hybridized carbons (Fsp3) is 0.444. The van der Waals surface area contributed by atoms with Gasteiger partial charge in [0.15, 0.2) is 0 Å². The monoisotopic (exact) mass is 748 g/mol. The Balaban J connectivity index is 0.00000281. The van der Waals surface area contributed by atoms with Crippen molar-refractivity contribution in [3.05, 3.63) is 83.4 Å². The van der Waals surface area contributed by atoms with Crippen molar-refractivity contribution in [3.8, 4) is 11.5 Å². The first kappa shape index (κ1) is 39.2. The Morgan fingerprint density at radius 3 is 2.16 bits per heavy atom. The van der Waals surface area contributed by atoms with Gasteiger partial charge < -0.3 is 24.0 Å². The van der Waals surface area contributed by atoms with Gasteiger partial charge in [0.1, 0.15) is 11.5 Å². The molecule has 0 aromatic heterocycles. The van der Waals surface area contributed by atoms with Crippen molar-refractivity contribution in [2.24, 2.45) is 0 Å². The van der Waals surface area contributed by atoms with Crippen LogP contribution in [0.5, 0.6) is 11.5 Å². The quantitative estimate of drug-likeness (QED) is 0.297. The van der Waals surface area contributed by atoms with Crippen molar-refractivity contribution in [2.75, 3.05) is 57.7 Å². The molecular formula is C36H46Cl2N4O7S. The number of hydrogen-bond acceptors (Lipinski definition) is 9. The predicted octanol–water partition coefficient (Wildman–Crippen LogP) is 5.46. The second-order valence-electron chi connectivity index (χ2n) is 13.0. The van der Waals surface area contributed by atoms with Gasteiger partial charge in [-0.3, -0.25) is 9.69 Å². The molecule has 0 bridgehead atoms. The number of amides is 2. The van der Waals surface area contributed by atoms with Crippen LogP contribution in [0.1, 0.15) is 43.4 Å². The number of anilines is 1. The molecule has 1 unspecified atom stereocenters. The Morgan fingerprint density at radius 1 is 0.880 bits per heavy atom. The molecule has 3 aromatic carbocycles. The summed E-state index contributed by atoms with van der Waals surface area (Å²) >= 11 is 0. The van der Waals surface area contributed by atoms with Gasteiger partial charge in [0, 0.05) is 37.8 Å². The number of rotatable bonds is 8. The van der Waals surface area contributed by atoms with Gasteiger partial charge >= 0.3 is 6.09 Å². The number of halogens is 2. The Morgan fingerprint density at radius 2 is 1.52 bits per heavy atom. The van der Waals surface area contributed by atoms with E-state index >= 15 is 4.79 Å². The number of nitrogens with zero attached hydrogens (tertiary/aromatic N) is 4. The van der Waals surface area contributed by atoms with Crippen LogP contribution < -0.4 is 13.8 Å². The number of piperazine rings is 1. The Bertz CT molecular complexity index is 1790. The first-order valence-corrected chi connectivity index (χ1v) is 17.9. The predicted molar refractivity (Wildman–Crippen MR) is 196 cm³/mol. The number of carbonyl (C=O) groups excluding carboxylic acids is 2. The normalized spacial score (nSPS) is 20.2. The average molecular weight is 750 g/mol. The first-order chi connectivity index (χ1) is 23.0. The molecular weight excluding hydrogens is 703 g/mol. The number of benzene rings is 3. The van der Waals surface area contributed by atoms with Crippen LogP contribution in [0.15, 0.2) is 71.6 Å². The van der Waals surface area contributed by atoms with Gasteiger partial charge in [0.2, 0.25) is 5.60 Å². The summed E-state index contributed by atoms with van der Waals surface area (Å²) in [5.74, 6) is -0.275. The number of para-hydroxylation sites is 1. The number of sulfonamides is 1. The highest BCUT2D eigenvalue weighted by molar-refractivity contribution is 7.93. The second kappa shape index (κ2) is 15.8. The summed E-state index contributed by atoms with van der Waals surface area (Å²) in [5, 5.41) is 0. The average Bonchev–Trinajstić information content (AvgIpc) is 3.32. The largest absolute Gasteiger partial charge is 0.497 e. The zero-order valence-electron chi connectivity index (χ0n) is 29.0. The summed E-state index contributed by atoms with van der Waals surface area (Å²) in [6.07, 6.45) is 1.15. The Kier molecular flexibility index (Phi) is 12.4. The molecule has 2 fully saturated rings. The number of aryl methyl sites for hydroxylation is 1. The van der Waals surface area contributed by atoms with E-state index in [0.717, 1.165) is 30.2 Å². The van der Waals surface area contributed by atoms with Crippen molar-refractivity contribution in [3.63, 3.8) is 0 Å². The van der Waals surface area contributed by atoms with Gasteiger partial charge in [-0.2, -0.15) is 4.31 Å². The molecule has 14 heteroatoms. The van der Waals surface area contributed by atoms with Gasteiger partial charge in [0.25, 0.3) is 15.9 Å². The summed E-state index contributed by atoms with van der Waals surface area (Å²) in [6.45, 7) is 9.63. The van der Waals surface area contributed by atoms with E-state index in [4.69, 9.17) is 14.2 Å². The molecule has 3 aliphatic heterocycles. The van der Waals surface area contributed by atoms with Crippen LogP contribution in [0.4, 0.5) is 10.5 Å². The fourth-order valence-electron chi connectivity index (χ4n) is 7.01. The zero-order chi connectivity index (χ0) is 34.2. The van der Waals surface area contributed by atoms with E-state index in [-0.39, 0.29) is 52.6 Å². The summed E-state index contributed by atoms with van der Waals surface area (Å²) in [4.78, 5) is 35.7. The minimum absolute atomic E-state index is 0. The smallest absolute Gasteiger partial charge is 0.411 e. The molecule has 272 valence electrons. The summed E-state index contributed by atoms with van der Waals surface area (Å²) < 4.78 is 47.8. The van der Waals surface area contributed by atoms with Gasteiger partial charge in [-0.05, 0) is 89.6 Å². The lowest BCUT2D eigenvalue weighted by atomic mass is 9.86. The van der Waals surface area contributed by atoms with E-state index in [9.17, 15) is 13.2 Å². The number of likely N-dealkylation sites (tertiary alicyclic amines) is 1. The molecule has 0 N–H and O–H groups in total. The second-order valence-corrected chi connectivity index (χ2v) is 14.7. The van der Waals surface area contributed by atoms with Crippen LogP contribution >= 0.6 is 24.8 Å². The number of carbonyl (C=O) groups is 2. The number of methoxy groups -OCH3 is 1. The number of piperidine rings is 1. The Labute approximate surface area is 307 Å². The highest BCUT2D eigenvalue weighted by Gasteiger charge is 2.61. The standard InChI is InChI=1S/C36H44N4O7S.2ClH/c1-25(2)46-32-12-8-7-11-29(32)36(47-35(42)39-22-20-38(21-23-39)27-16-18-37(4)19-17-27)30-24-28(45-5)14-15-31(30)40(34(36)41)48(43,44)33-13-9-6-10-26(33)3;;/h6-15,24-25,27H,16-23H2,1-5H3;2*1H. The molecule has 2 amide bonds. The summed E-state index contributed by atoms with van der Waals surface area (Å²) in [5.41, 5.74) is -1.27. The van der Waals surface area contributed by atoms with Crippen LogP contribution in [0, 0.1) is 6.92 Å². The summed E-state index contributed by atoms with van der Waals surface area (Å²) in [6, 6.07) is 18.4. The van der Waals surface area contributed by atoms with Gasteiger partial charge in [-0.1, -0.05) is 36.4 Å². The van der Waals surface area contributed by atoms with E-state index in [2.05, 4.69) is 16.8 Å². The molecule has 11 nitrogen and oxygen atoms in total. The van der Waals surface area contributed by atoms with Gasteiger partial charge in [0.05, 0.1) is 29.4 Å². The lowest BCUT2D eigenvalue weighted by molar-refractivity contribution is -0.132. The molecule has 3 heterocycles. The van der Waals surface area contributed by atoms with Crippen molar-refractivity contribution in [1.29, 1.82) is 0 Å². The molecule has 2 saturated heterocycles. The molecule has 0 radical (unpaired) electrons. The highest BCUT2D eigenvalue weighted by atomic mass is 35.5. The zero-order valence-corrected chi connectivity index (χ0v) is 31.5. The van der Waals surface area contributed by atoms with Gasteiger partial charge in [-0.15, -0.1) is 24.8 Å². The fourth-order valence-corrected chi connectivity index (χ4v) is 8.69. The SMILES string of the molecule is COc1ccc2c(c1)C(OC(=O)N1CCN(C3CCN(C)CC3)CC1)(c1ccccc1OC(C)C)C(=O)N2S(=O)(=O)c1ccccc1C.Cl.Cl. The maximum atomic E-state index is 15.1. The van der Waals surface area contributed by atoms with E-state index < -0.39 is 27.6 Å². The van der Waals surface area contributed by atoms with Crippen molar-refractivity contribution >= 4 is 52.5 Å². The molecule has 3 aromatic rings. The van der Waals surface area contributed by atoms with Crippen molar-refractivity contribution in [1.82, 2.24) is 14.7 Å². The molecule has 50 heavy (non-hydrogen) atoms. The first-order valence-electron chi connectivity index (χ1n) is 16.5. The minimum atomic E-state index is -4.46. The van der Waals surface area contributed by atoms with E-state index in [1.807, 2.05) is 13.8 Å². The number of fused-ring (bicyclic) bond motifs is 1. The Hall–Kier alpha value is -3.55. The van der Waals surface area contributed by atoms with Crippen molar-refractivity contribution < 1.29 is 32.2 Å². The summed E-state index contributed by atoms with van der Waals surface area (Å²) in [7, 11) is -0.849. The molecule has 3 aliphatic rings. The van der Waals surface area contributed by atoms with Crippen LogP contribution in [0.3, 0.4) is 0 Å². The van der Waals surface area contributed by atoms with Crippen LogP contribution in [-0.2, 0) is 25.2 Å². The van der Waals surface area contributed by atoms with E-state index in [1.54, 1.807) is 66.4 Å². The maximum Gasteiger partial charge on any atom is 0.411 e. The van der Waals surface area contributed by atoms with Crippen LogP contribution in [0.2, 0.25) is 0 Å². The lowest BCUT2D eigenvalue weighted by Crippen LogP contribution is -2.55. The lowest BCUT2D eigenvalue weighted by Gasteiger charge is -2.42. The third-order valence-corrected chi connectivity index (χ3v) is 11.4. The maximum absolute atomic E-state index is 15.1. The van der Waals surface area contributed by atoms with E-state index in [1.165, 1.54) is 19.2 Å². The number of hydrogen-bond donors (Lipinski definition) is 0. The topological polar surface area (TPSA) is 109 Å². The molecule has 0 saturated carbocycles. The van der Waals surface area contributed by atoms with Crippen molar-refractivity contribution in [2.45, 2.75) is 56.3 Å². The van der Waals surface area contributed by atoms with Gasteiger partial charge in [-0.25, -0.2) is 13.2 Å².